The van der Waals surface area contributed by atoms with Gasteiger partial charge in [-0.2, -0.15) is 5.26 Å². The summed E-state index contributed by atoms with van der Waals surface area (Å²) in [6, 6.07) is 21.1. The minimum atomic E-state index is -0.917. The van der Waals surface area contributed by atoms with Crippen LogP contribution in [0.3, 0.4) is 0 Å². The molecule has 0 unspecified atom stereocenters. The quantitative estimate of drug-likeness (QED) is 0.678. The molecule has 2 nitrogen and oxygen atoms in total. The Balaban J connectivity index is 1.63. The van der Waals surface area contributed by atoms with E-state index >= 15 is 0 Å². The van der Waals surface area contributed by atoms with E-state index in [4.69, 9.17) is 5.26 Å². The Morgan fingerprint density at radius 2 is 1.81 bits per heavy atom. The van der Waals surface area contributed by atoms with Crippen molar-refractivity contribution in [2.45, 2.75) is 45.3 Å². The fraction of sp³-hybridized carbons (Fsp3) is 0.435. The number of halogens is 1. The predicted octanol–water partition coefficient (Wildman–Crippen LogP) is 5.60. The topological polar surface area (TPSA) is 27.0 Å². The first-order valence-electron chi connectivity index (χ1n) is 9.54. The van der Waals surface area contributed by atoms with Crippen LogP contribution >= 0.6 is 0 Å². The van der Waals surface area contributed by atoms with E-state index in [1.165, 1.54) is 16.7 Å². The van der Waals surface area contributed by atoms with Crippen LogP contribution in [0.5, 0.6) is 0 Å². The third-order valence-corrected chi connectivity index (χ3v) is 5.66. The maximum atomic E-state index is 14.9. The molecule has 1 heterocycles. The molecule has 3 rings (SSSR count). The van der Waals surface area contributed by atoms with Gasteiger partial charge in [-0.05, 0) is 36.1 Å². The van der Waals surface area contributed by atoms with Gasteiger partial charge >= 0.3 is 0 Å². The number of hydrogen-bond acceptors (Lipinski definition) is 2. The average Bonchev–Trinajstić information content (AvgIpc) is 2.67. The molecule has 1 aliphatic heterocycles. The van der Waals surface area contributed by atoms with E-state index in [0.717, 1.165) is 32.4 Å². The zero-order valence-corrected chi connectivity index (χ0v) is 15.5. The lowest BCUT2D eigenvalue weighted by Crippen LogP contribution is -2.48. The van der Waals surface area contributed by atoms with Gasteiger partial charge in [-0.3, -0.25) is 4.90 Å². The lowest BCUT2D eigenvalue weighted by molar-refractivity contribution is -0.000315. The lowest BCUT2D eigenvalue weighted by atomic mass is 9.71. The maximum Gasteiger partial charge on any atom is 0.119 e. The van der Waals surface area contributed by atoms with Gasteiger partial charge in [0.1, 0.15) is 6.17 Å². The summed E-state index contributed by atoms with van der Waals surface area (Å²) in [6.07, 6.45) is 1.93. The third kappa shape index (κ3) is 4.14. The summed E-state index contributed by atoms with van der Waals surface area (Å²) in [7, 11) is 0. The summed E-state index contributed by atoms with van der Waals surface area (Å²) in [5.41, 5.74) is 3.19. The zero-order valence-electron chi connectivity index (χ0n) is 15.5. The second-order valence-electron chi connectivity index (χ2n) is 7.46. The number of nitriles is 1. The fourth-order valence-electron chi connectivity index (χ4n) is 4.11. The molecule has 0 spiro atoms. The Morgan fingerprint density at radius 3 is 2.42 bits per heavy atom. The monoisotopic (exact) mass is 350 g/mol. The molecule has 0 saturated carbocycles. The summed E-state index contributed by atoms with van der Waals surface area (Å²) in [5, 5.41) is 9.12. The molecular formula is C23H27FN2. The van der Waals surface area contributed by atoms with E-state index in [0.29, 0.717) is 13.0 Å². The number of benzene rings is 2. The fourth-order valence-corrected chi connectivity index (χ4v) is 4.11. The van der Waals surface area contributed by atoms with Crippen molar-refractivity contribution in [2.75, 3.05) is 13.1 Å². The van der Waals surface area contributed by atoms with Crippen LogP contribution in [-0.2, 0) is 6.54 Å². The molecule has 3 heteroatoms. The molecule has 0 N–H and O–H groups in total. The Hall–Kier alpha value is -2.18. The Labute approximate surface area is 156 Å². The van der Waals surface area contributed by atoms with Gasteiger partial charge in [0.05, 0.1) is 6.07 Å². The molecular weight excluding hydrogens is 323 g/mol. The van der Waals surface area contributed by atoms with Gasteiger partial charge < -0.3 is 0 Å². The molecule has 1 saturated heterocycles. The molecule has 136 valence electrons. The third-order valence-electron chi connectivity index (χ3n) is 5.66. The average molecular weight is 350 g/mol. The van der Waals surface area contributed by atoms with Crippen molar-refractivity contribution < 1.29 is 4.39 Å². The van der Waals surface area contributed by atoms with Crippen LogP contribution < -0.4 is 0 Å². The Bertz CT molecular complexity index is 735. The predicted molar refractivity (Wildman–Crippen MR) is 104 cm³/mol. The highest BCUT2D eigenvalue weighted by Crippen LogP contribution is 2.41. The van der Waals surface area contributed by atoms with E-state index in [-0.39, 0.29) is 0 Å². The van der Waals surface area contributed by atoms with E-state index < -0.39 is 11.6 Å². The number of alkyl halides is 1. The van der Waals surface area contributed by atoms with Crippen molar-refractivity contribution in [2.24, 2.45) is 5.41 Å². The van der Waals surface area contributed by atoms with E-state index in [9.17, 15) is 4.39 Å². The second kappa shape index (κ2) is 8.47. The van der Waals surface area contributed by atoms with Gasteiger partial charge in [0.25, 0.3) is 0 Å². The normalized spacial score (nSPS) is 23.5. The highest BCUT2D eigenvalue weighted by Gasteiger charge is 2.42. The van der Waals surface area contributed by atoms with Gasteiger partial charge in [0.2, 0.25) is 0 Å². The summed E-state index contributed by atoms with van der Waals surface area (Å²) < 4.78 is 14.9. The van der Waals surface area contributed by atoms with Crippen LogP contribution in [-0.4, -0.2) is 24.2 Å². The number of piperidine rings is 1. The molecule has 2 atom stereocenters. The van der Waals surface area contributed by atoms with Gasteiger partial charge in [0.15, 0.2) is 0 Å². The molecule has 0 radical (unpaired) electrons. The van der Waals surface area contributed by atoms with Crippen LogP contribution in [0.25, 0.3) is 11.1 Å². The van der Waals surface area contributed by atoms with Crippen LogP contribution in [0.15, 0.2) is 54.6 Å². The first kappa shape index (κ1) is 18.6. The van der Waals surface area contributed by atoms with Crippen LogP contribution in [0.2, 0.25) is 0 Å². The first-order chi connectivity index (χ1) is 12.7. The largest absolute Gasteiger partial charge is 0.296 e. The van der Waals surface area contributed by atoms with Crippen molar-refractivity contribution in [3.8, 4) is 17.2 Å². The minimum absolute atomic E-state index is 0.335. The summed E-state index contributed by atoms with van der Waals surface area (Å²) in [6.45, 7) is 4.14. The lowest BCUT2D eigenvalue weighted by Gasteiger charge is -2.43. The first-order valence-corrected chi connectivity index (χ1v) is 9.54. The van der Waals surface area contributed by atoms with Crippen molar-refractivity contribution in [3.63, 3.8) is 0 Å². The Morgan fingerprint density at radius 1 is 1.12 bits per heavy atom. The van der Waals surface area contributed by atoms with Crippen molar-refractivity contribution in [1.29, 1.82) is 5.26 Å². The zero-order chi connectivity index (χ0) is 18.4. The maximum absolute atomic E-state index is 14.9. The smallest absolute Gasteiger partial charge is 0.119 e. The summed E-state index contributed by atoms with van der Waals surface area (Å²) >= 11 is 0. The molecule has 2 aromatic rings. The van der Waals surface area contributed by atoms with E-state index in [2.05, 4.69) is 54.3 Å². The van der Waals surface area contributed by atoms with E-state index in [1.54, 1.807) is 0 Å². The second-order valence-corrected chi connectivity index (χ2v) is 7.46. The van der Waals surface area contributed by atoms with Crippen molar-refractivity contribution in [1.82, 2.24) is 4.90 Å². The molecule has 1 aliphatic rings. The molecule has 0 aliphatic carbocycles. The van der Waals surface area contributed by atoms with Crippen LogP contribution in [0, 0.1) is 16.7 Å². The highest BCUT2D eigenvalue weighted by molar-refractivity contribution is 5.63. The number of hydrogen-bond donors (Lipinski definition) is 0. The van der Waals surface area contributed by atoms with Crippen LogP contribution in [0.1, 0.15) is 38.2 Å². The molecule has 2 aromatic carbocycles. The van der Waals surface area contributed by atoms with Gasteiger partial charge in [-0.1, -0.05) is 67.9 Å². The standard InChI is InChI=1S/C23H27FN2/c1-2-12-23(13-15-25)14-16-26(18-22(23)24)17-19-8-10-21(11-9-19)20-6-4-3-5-7-20/h3-11,22H,2,12-14,16-18H2,1H3/t22-,23+/m0/s1. The summed E-state index contributed by atoms with van der Waals surface area (Å²) in [5.74, 6) is 0. The van der Waals surface area contributed by atoms with Crippen LogP contribution in [0.4, 0.5) is 4.39 Å². The Kier molecular flexibility index (Phi) is 6.06. The molecule has 0 aromatic heterocycles. The van der Waals surface area contributed by atoms with Gasteiger partial charge in [-0.25, -0.2) is 4.39 Å². The highest BCUT2D eigenvalue weighted by atomic mass is 19.1. The van der Waals surface area contributed by atoms with Gasteiger partial charge in [-0.15, -0.1) is 0 Å². The summed E-state index contributed by atoms with van der Waals surface area (Å²) in [4.78, 5) is 2.19. The SMILES string of the molecule is CCC[C@@]1(CC#N)CCN(Cc2ccc(-c3ccccc3)cc2)C[C@@H]1F. The molecule has 0 amide bonds. The molecule has 26 heavy (non-hydrogen) atoms. The number of likely N-dealkylation sites (tertiary alicyclic amines) is 1. The van der Waals surface area contributed by atoms with Crippen molar-refractivity contribution in [3.05, 3.63) is 60.2 Å². The number of rotatable bonds is 6. The van der Waals surface area contributed by atoms with E-state index in [1.807, 2.05) is 18.2 Å². The minimum Gasteiger partial charge on any atom is -0.296 e. The molecule has 0 bridgehead atoms. The number of nitrogens with zero attached hydrogens (tertiary/aromatic N) is 2. The molecule has 1 fully saturated rings. The van der Waals surface area contributed by atoms with Crippen molar-refractivity contribution >= 4 is 0 Å². The van der Waals surface area contributed by atoms with Gasteiger partial charge in [0, 0.05) is 24.9 Å².